The van der Waals surface area contributed by atoms with Gasteiger partial charge in [-0.25, -0.2) is 9.97 Å². The van der Waals surface area contributed by atoms with Crippen molar-refractivity contribution < 1.29 is 8.83 Å². The first kappa shape index (κ1) is 22.2. The average Bonchev–Trinajstić information content (AvgIpc) is 3.60. The highest BCUT2D eigenvalue weighted by molar-refractivity contribution is 6.17. The van der Waals surface area contributed by atoms with Crippen molar-refractivity contribution in [1.82, 2.24) is 9.97 Å². The van der Waals surface area contributed by atoms with Crippen molar-refractivity contribution in [3.8, 4) is 0 Å². The molecule has 0 aliphatic rings. The second kappa shape index (κ2) is 8.41. The summed E-state index contributed by atoms with van der Waals surface area (Å²) in [5, 5.41) is 7.56. The first-order valence-corrected chi connectivity index (χ1v) is 13.6. The summed E-state index contributed by atoms with van der Waals surface area (Å²) >= 11 is 0. The van der Waals surface area contributed by atoms with E-state index in [2.05, 4.69) is 71.6 Å². The number of furan rings is 2. The van der Waals surface area contributed by atoms with Crippen LogP contribution >= 0.6 is 0 Å². The number of hydrogen-bond donors (Lipinski definition) is 0. The van der Waals surface area contributed by atoms with Gasteiger partial charge in [0, 0.05) is 22.4 Å². The third kappa shape index (κ3) is 3.23. The predicted molar refractivity (Wildman–Crippen MR) is 166 cm³/mol. The van der Waals surface area contributed by atoms with E-state index in [1.165, 1.54) is 10.8 Å². The molecule has 0 bridgehead atoms. The fraction of sp³-hybridized carbons (Fsp3) is 0. The van der Waals surface area contributed by atoms with Gasteiger partial charge in [0.2, 0.25) is 0 Å². The van der Waals surface area contributed by atoms with E-state index in [1.54, 1.807) is 0 Å². The lowest BCUT2D eigenvalue weighted by Gasteiger charge is -2.26. The van der Waals surface area contributed by atoms with E-state index in [-0.39, 0.29) is 0 Å². The Balaban J connectivity index is 1.43. The van der Waals surface area contributed by atoms with Crippen molar-refractivity contribution in [3.05, 3.63) is 128 Å². The maximum Gasteiger partial charge on any atom is 0.154 e. The van der Waals surface area contributed by atoms with Crippen molar-refractivity contribution in [2.45, 2.75) is 0 Å². The van der Waals surface area contributed by atoms with Crippen LogP contribution in [0.15, 0.2) is 136 Å². The Labute approximate surface area is 233 Å². The number of pyridine rings is 2. The zero-order chi connectivity index (χ0) is 26.9. The highest BCUT2D eigenvalue weighted by Crippen LogP contribution is 2.45. The minimum absolute atomic E-state index is 0.745. The SMILES string of the molecule is c1ccc2c(c1)cc(N(c1ccc3oc4ccccc4c3n1)c1nccc3oc4ccccc4c13)c1ccccc12. The number of hydrogen-bond acceptors (Lipinski definition) is 5. The van der Waals surface area contributed by atoms with Gasteiger partial charge >= 0.3 is 0 Å². The topological polar surface area (TPSA) is 55.3 Å². The molecule has 0 N–H and O–H groups in total. The van der Waals surface area contributed by atoms with Crippen LogP contribution in [0.5, 0.6) is 0 Å². The third-order valence-electron chi connectivity index (χ3n) is 7.90. The average molecular weight is 528 g/mol. The summed E-state index contributed by atoms with van der Waals surface area (Å²) in [6.45, 7) is 0. The van der Waals surface area contributed by atoms with Crippen LogP contribution < -0.4 is 4.90 Å². The molecule has 0 fully saturated rings. The minimum Gasteiger partial charge on any atom is -0.456 e. The van der Waals surface area contributed by atoms with Crippen LogP contribution in [0, 0.1) is 0 Å². The summed E-state index contributed by atoms with van der Waals surface area (Å²) in [5.74, 6) is 1.50. The van der Waals surface area contributed by atoms with E-state index in [9.17, 15) is 0 Å². The molecule has 9 aromatic rings. The molecule has 0 unspecified atom stereocenters. The molecule has 0 radical (unpaired) electrons. The van der Waals surface area contributed by atoms with Gasteiger partial charge in [0.1, 0.15) is 28.1 Å². The molecule has 0 saturated carbocycles. The third-order valence-corrected chi connectivity index (χ3v) is 7.90. The number of nitrogens with zero attached hydrogens (tertiary/aromatic N) is 3. The van der Waals surface area contributed by atoms with Gasteiger partial charge in [-0.15, -0.1) is 0 Å². The van der Waals surface area contributed by atoms with Gasteiger partial charge in [0.15, 0.2) is 11.4 Å². The second-order valence-electron chi connectivity index (χ2n) is 10.2. The van der Waals surface area contributed by atoms with Crippen LogP contribution in [0.2, 0.25) is 0 Å². The summed E-state index contributed by atoms with van der Waals surface area (Å²) in [4.78, 5) is 12.4. The van der Waals surface area contributed by atoms with E-state index in [0.717, 1.165) is 72.1 Å². The molecule has 0 atom stereocenters. The fourth-order valence-electron chi connectivity index (χ4n) is 6.09. The zero-order valence-electron chi connectivity index (χ0n) is 21.8. The van der Waals surface area contributed by atoms with Gasteiger partial charge in [0.25, 0.3) is 0 Å². The standard InChI is InChI=1S/C36H21N3O2/c1-2-10-23-22(9-1)21-28(25-12-4-3-11-24(23)25)39(33-18-17-32-35(38-33)27-14-6-8-16-30(27)41-32)36-34-26-13-5-7-15-29(26)40-31(34)19-20-37-36/h1-21H. The Hall–Kier alpha value is -5.68. The Bertz CT molecular complexity index is 2450. The Morgan fingerprint density at radius 1 is 0.512 bits per heavy atom. The van der Waals surface area contributed by atoms with Crippen LogP contribution in [0.1, 0.15) is 0 Å². The van der Waals surface area contributed by atoms with Crippen molar-refractivity contribution >= 4 is 82.9 Å². The molecule has 9 rings (SSSR count). The molecule has 0 amide bonds. The van der Waals surface area contributed by atoms with Crippen LogP contribution in [-0.2, 0) is 0 Å². The van der Waals surface area contributed by atoms with E-state index in [1.807, 2.05) is 60.8 Å². The minimum atomic E-state index is 0.745. The smallest absolute Gasteiger partial charge is 0.154 e. The number of para-hydroxylation sites is 2. The Morgan fingerprint density at radius 3 is 2.02 bits per heavy atom. The summed E-state index contributed by atoms with van der Waals surface area (Å²) in [6, 6.07) is 41.3. The van der Waals surface area contributed by atoms with E-state index in [4.69, 9.17) is 18.8 Å². The van der Waals surface area contributed by atoms with Gasteiger partial charge in [-0.05, 0) is 58.6 Å². The molecule has 0 aliphatic heterocycles. The molecule has 0 aliphatic carbocycles. The first-order valence-electron chi connectivity index (χ1n) is 13.6. The number of fused-ring (bicyclic) bond motifs is 9. The van der Waals surface area contributed by atoms with Crippen molar-refractivity contribution in [2.24, 2.45) is 0 Å². The van der Waals surface area contributed by atoms with Gasteiger partial charge in [-0.1, -0.05) is 78.9 Å². The van der Waals surface area contributed by atoms with Gasteiger partial charge in [-0.3, -0.25) is 4.90 Å². The lowest BCUT2D eigenvalue weighted by atomic mass is 9.99. The molecule has 41 heavy (non-hydrogen) atoms. The molecular formula is C36H21N3O2. The van der Waals surface area contributed by atoms with Gasteiger partial charge < -0.3 is 8.83 Å². The lowest BCUT2D eigenvalue weighted by Crippen LogP contribution is -2.14. The molecule has 4 heterocycles. The van der Waals surface area contributed by atoms with Crippen LogP contribution in [0.25, 0.3) is 65.6 Å². The molecule has 192 valence electrons. The van der Waals surface area contributed by atoms with Crippen LogP contribution in [0.3, 0.4) is 0 Å². The molecule has 5 heteroatoms. The molecule has 0 spiro atoms. The lowest BCUT2D eigenvalue weighted by molar-refractivity contribution is 0.667. The van der Waals surface area contributed by atoms with Gasteiger partial charge in [0.05, 0.1) is 11.1 Å². The number of aromatic nitrogens is 2. The van der Waals surface area contributed by atoms with Crippen molar-refractivity contribution in [3.63, 3.8) is 0 Å². The summed E-state index contributed by atoms with van der Waals surface area (Å²) < 4.78 is 12.4. The largest absolute Gasteiger partial charge is 0.456 e. The number of anilines is 3. The predicted octanol–water partition coefficient (Wildman–Crippen LogP) is 10.1. The molecular weight excluding hydrogens is 506 g/mol. The van der Waals surface area contributed by atoms with Crippen LogP contribution in [-0.4, -0.2) is 9.97 Å². The number of benzene rings is 5. The fourth-order valence-corrected chi connectivity index (χ4v) is 6.09. The van der Waals surface area contributed by atoms with E-state index >= 15 is 0 Å². The molecule has 0 saturated heterocycles. The zero-order valence-corrected chi connectivity index (χ0v) is 21.8. The number of rotatable bonds is 3. The second-order valence-corrected chi connectivity index (χ2v) is 10.2. The highest BCUT2D eigenvalue weighted by atomic mass is 16.3. The Kier molecular flexibility index (Phi) is 4.55. The first-order chi connectivity index (χ1) is 20.3. The van der Waals surface area contributed by atoms with E-state index < -0.39 is 0 Å². The monoisotopic (exact) mass is 527 g/mol. The van der Waals surface area contributed by atoms with Crippen molar-refractivity contribution in [2.75, 3.05) is 4.90 Å². The summed E-state index contributed by atoms with van der Waals surface area (Å²) in [7, 11) is 0. The summed E-state index contributed by atoms with van der Waals surface area (Å²) in [6.07, 6.45) is 1.81. The summed E-state index contributed by atoms with van der Waals surface area (Å²) in [5.41, 5.74) is 4.97. The molecule has 4 aromatic heterocycles. The van der Waals surface area contributed by atoms with Crippen molar-refractivity contribution in [1.29, 1.82) is 0 Å². The normalized spacial score (nSPS) is 11.9. The van der Waals surface area contributed by atoms with Gasteiger partial charge in [-0.2, -0.15) is 0 Å². The molecule has 5 aromatic carbocycles. The maximum atomic E-state index is 6.29. The maximum absolute atomic E-state index is 6.29. The quantitative estimate of drug-likeness (QED) is 0.214. The van der Waals surface area contributed by atoms with E-state index in [0.29, 0.717) is 0 Å². The highest BCUT2D eigenvalue weighted by Gasteiger charge is 2.24. The Morgan fingerprint density at radius 2 is 1.17 bits per heavy atom. The van der Waals surface area contributed by atoms with Crippen LogP contribution in [0.4, 0.5) is 17.3 Å². The molecule has 5 nitrogen and oxygen atoms in total.